The first-order valence-corrected chi connectivity index (χ1v) is 9.81. The van der Waals surface area contributed by atoms with Gasteiger partial charge in [0.25, 0.3) is 0 Å². The topological polar surface area (TPSA) is 70.5 Å². The molecule has 0 aromatic carbocycles. The number of rotatable bonds is 3. The van der Waals surface area contributed by atoms with Gasteiger partial charge in [-0.3, -0.25) is 0 Å². The van der Waals surface area contributed by atoms with Crippen LogP contribution in [0.5, 0.6) is 0 Å². The maximum absolute atomic E-state index is 9.52. The molecular weight excluding hydrogens is 300 g/mol. The summed E-state index contributed by atoms with van der Waals surface area (Å²) >= 11 is 0. The highest BCUT2D eigenvalue weighted by molar-refractivity contribution is 7.96. The highest BCUT2D eigenvalue weighted by atomic mass is 32.2. The number of aryl methyl sites for hydroxylation is 1. The van der Waals surface area contributed by atoms with Crippen LogP contribution in [0.25, 0.3) is 0 Å². The van der Waals surface area contributed by atoms with E-state index in [1.54, 1.807) is 0 Å². The van der Waals surface area contributed by atoms with E-state index in [1.807, 2.05) is 0 Å². The van der Waals surface area contributed by atoms with Crippen LogP contribution in [0.15, 0.2) is 4.90 Å². The van der Waals surface area contributed by atoms with Gasteiger partial charge >= 0.3 is 0 Å². The van der Waals surface area contributed by atoms with E-state index in [1.165, 1.54) is 16.3 Å². The van der Waals surface area contributed by atoms with E-state index in [2.05, 4.69) is 16.5 Å². The third kappa shape index (κ3) is 2.66. The zero-order valence-electron chi connectivity index (χ0n) is 12.9. The molecule has 4 heterocycles. The summed E-state index contributed by atoms with van der Waals surface area (Å²) < 4.78 is 5.44. The predicted octanol–water partition coefficient (Wildman–Crippen LogP) is 0.411. The van der Waals surface area contributed by atoms with Gasteiger partial charge in [-0.25, -0.2) is 4.98 Å². The second kappa shape index (κ2) is 5.86. The van der Waals surface area contributed by atoms with Gasteiger partial charge in [-0.2, -0.15) is 4.98 Å². The van der Waals surface area contributed by atoms with Crippen molar-refractivity contribution in [3.8, 4) is 0 Å². The molecule has 7 heteroatoms. The molecule has 2 saturated heterocycles. The molecule has 3 aliphatic rings. The first kappa shape index (κ1) is 14.5. The fourth-order valence-corrected chi connectivity index (χ4v) is 4.95. The predicted molar refractivity (Wildman–Crippen MR) is 87.8 cm³/mol. The maximum atomic E-state index is 9.52. The Kier molecular flexibility index (Phi) is 3.88. The summed E-state index contributed by atoms with van der Waals surface area (Å²) in [4.78, 5) is 13.0. The minimum atomic E-state index is -0.232. The standard InChI is InChI=1S/C15H23N4O2S/c1-22-7-4-12-13(22)14(16-10-2-5-21-6-3-10)18-15(17-12)19-8-11(20)9-19/h10-11,20H,2-9H2,1H3,(H,16,17,18)/q+1. The lowest BCUT2D eigenvalue weighted by molar-refractivity contribution is 0.0903. The van der Waals surface area contributed by atoms with E-state index in [0.717, 1.165) is 44.2 Å². The zero-order chi connectivity index (χ0) is 15.1. The number of anilines is 2. The second-order valence-corrected chi connectivity index (χ2v) is 8.42. The Hall–Kier alpha value is -1.05. The molecule has 0 amide bonds. The van der Waals surface area contributed by atoms with E-state index in [9.17, 15) is 5.11 Å². The summed E-state index contributed by atoms with van der Waals surface area (Å²) in [5.41, 5.74) is 1.20. The molecule has 1 unspecified atom stereocenters. The summed E-state index contributed by atoms with van der Waals surface area (Å²) in [6.45, 7) is 2.95. The molecule has 2 N–H and O–H groups in total. The molecule has 3 aliphatic heterocycles. The van der Waals surface area contributed by atoms with Crippen molar-refractivity contribution in [2.75, 3.05) is 48.5 Å². The third-order valence-electron chi connectivity index (χ3n) is 4.62. The summed E-state index contributed by atoms with van der Waals surface area (Å²) in [6.07, 6.45) is 5.17. The molecule has 0 radical (unpaired) electrons. The number of β-amino-alcohol motifs (C(OH)–C–C–N with tert-alkyl or cyclic N) is 1. The van der Waals surface area contributed by atoms with Gasteiger partial charge in [-0.1, -0.05) is 0 Å². The SMILES string of the molecule is C[S+]1CCc2nc(N3CC(O)C3)nc(NC3CCOCC3)c21. The minimum absolute atomic E-state index is 0.232. The minimum Gasteiger partial charge on any atom is -0.389 e. The third-order valence-corrected chi connectivity index (χ3v) is 6.57. The van der Waals surface area contributed by atoms with Crippen LogP contribution in [0, 0.1) is 0 Å². The monoisotopic (exact) mass is 323 g/mol. The van der Waals surface area contributed by atoms with Crippen molar-refractivity contribution >= 4 is 22.7 Å². The number of nitrogens with one attached hydrogen (secondary N) is 1. The van der Waals surface area contributed by atoms with Crippen molar-refractivity contribution in [3.05, 3.63) is 5.69 Å². The van der Waals surface area contributed by atoms with Crippen molar-refractivity contribution in [2.24, 2.45) is 0 Å². The van der Waals surface area contributed by atoms with Crippen molar-refractivity contribution in [2.45, 2.75) is 36.3 Å². The highest BCUT2D eigenvalue weighted by Crippen LogP contribution is 2.34. The van der Waals surface area contributed by atoms with Crippen LogP contribution in [0.2, 0.25) is 0 Å². The maximum Gasteiger partial charge on any atom is 0.228 e. The van der Waals surface area contributed by atoms with Crippen LogP contribution in [-0.4, -0.2) is 65.5 Å². The van der Waals surface area contributed by atoms with Crippen LogP contribution in [0.3, 0.4) is 0 Å². The van der Waals surface area contributed by atoms with Crippen molar-refractivity contribution in [3.63, 3.8) is 0 Å². The number of ether oxygens (including phenoxy) is 1. The zero-order valence-corrected chi connectivity index (χ0v) is 13.7. The molecule has 4 rings (SSSR count). The van der Waals surface area contributed by atoms with E-state index in [4.69, 9.17) is 14.7 Å². The summed E-state index contributed by atoms with van der Waals surface area (Å²) in [5.74, 6) is 2.98. The first-order chi connectivity index (χ1) is 10.7. The number of aliphatic hydroxyl groups is 1. The largest absolute Gasteiger partial charge is 0.389 e. The fourth-order valence-electron chi connectivity index (χ4n) is 3.26. The Morgan fingerprint density at radius 2 is 2.05 bits per heavy atom. The molecule has 6 nitrogen and oxygen atoms in total. The molecule has 0 spiro atoms. The number of nitrogens with zero attached hydrogens (tertiary/aromatic N) is 3. The fraction of sp³-hybridized carbons (Fsp3) is 0.733. The Bertz CT molecular complexity index is 559. The van der Waals surface area contributed by atoms with E-state index >= 15 is 0 Å². The Morgan fingerprint density at radius 1 is 1.27 bits per heavy atom. The lowest BCUT2D eigenvalue weighted by Gasteiger charge is -2.36. The number of hydrogen-bond acceptors (Lipinski definition) is 6. The van der Waals surface area contributed by atoms with Crippen LogP contribution in [0.4, 0.5) is 11.8 Å². The number of hydrogen-bond donors (Lipinski definition) is 2. The molecule has 1 aromatic heterocycles. The van der Waals surface area contributed by atoms with Crippen molar-refractivity contribution in [1.82, 2.24) is 9.97 Å². The number of aromatic nitrogens is 2. The molecular formula is C15H23N4O2S+. The summed E-state index contributed by atoms with van der Waals surface area (Å²) in [5, 5.41) is 13.2. The molecule has 0 aliphatic carbocycles. The van der Waals surface area contributed by atoms with Crippen LogP contribution >= 0.6 is 0 Å². The van der Waals surface area contributed by atoms with Gasteiger partial charge < -0.3 is 20.1 Å². The van der Waals surface area contributed by atoms with Gasteiger partial charge in [0.2, 0.25) is 10.8 Å². The second-order valence-electron chi connectivity index (χ2n) is 6.33. The van der Waals surface area contributed by atoms with E-state index in [-0.39, 0.29) is 17.0 Å². The lowest BCUT2D eigenvalue weighted by Crippen LogP contribution is -2.51. The molecule has 1 atom stereocenters. The molecule has 0 saturated carbocycles. The molecule has 120 valence electrons. The summed E-state index contributed by atoms with van der Waals surface area (Å²) in [7, 11) is 0.237. The number of fused-ring (bicyclic) bond motifs is 1. The molecule has 22 heavy (non-hydrogen) atoms. The van der Waals surface area contributed by atoms with Crippen LogP contribution in [-0.2, 0) is 22.1 Å². The molecule has 2 fully saturated rings. The van der Waals surface area contributed by atoms with Gasteiger partial charge in [0.1, 0.15) is 17.7 Å². The average Bonchev–Trinajstić information content (AvgIpc) is 2.87. The molecule has 0 bridgehead atoms. The van der Waals surface area contributed by atoms with Crippen molar-refractivity contribution in [1.29, 1.82) is 0 Å². The quantitative estimate of drug-likeness (QED) is 0.785. The van der Waals surface area contributed by atoms with Gasteiger partial charge in [0, 0.05) is 49.7 Å². The normalized spacial score (nSPS) is 25.9. The molecule has 1 aromatic rings. The van der Waals surface area contributed by atoms with E-state index in [0.29, 0.717) is 19.1 Å². The summed E-state index contributed by atoms with van der Waals surface area (Å²) in [6, 6.07) is 0.445. The van der Waals surface area contributed by atoms with Crippen molar-refractivity contribution < 1.29 is 9.84 Å². The first-order valence-electron chi connectivity index (χ1n) is 8.01. The van der Waals surface area contributed by atoms with E-state index < -0.39 is 0 Å². The van der Waals surface area contributed by atoms with Gasteiger partial charge in [-0.05, 0) is 12.8 Å². The smallest absolute Gasteiger partial charge is 0.228 e. The van der Waals surface area contributed by atoms with Crippen LogP contribution < -0.4 is 10.2 Å². The van der Waals surface area contributed by atoms with Crippen LogP contribution in [0.1, 0.15) is 18.5 Å². The van der Waals surface area contributed by atoms with Gasteiger partial charge in [0.05, 0.1) is 6.10 Å². The Labute approximate surface area is 133 Å². The van der Waals surface area contributed by atoms with Gasteiger partial charge in [-0.15, -0.1) is 0 Å². The van der Waals surface area contributed by atoms with Gasteiger partial charge in [0.15, 0.2) is 5.82 Å². The lowest BCUT2D eigenvalue weighted by atomic mass is 10.1. The Balaban J connectivity index is 1.62. The number of aliphatic hydroxyl groups excluding tert-OH is 1. The average molecular weight is 323 g/mol. The highest BCUT2D eigenvalue weighted by Gasteiger charge is 2.37. The Morgan fingerprint density at radius 3 is 2.77 bits per heavy atom.